The van der Waals surface area contributed by atoms with Crippen molar-refractivity contribution in [2.75, 3.05) is 6.54 Å². The fourth-order valence-corrected chi connectivity index (χ4v) is 2.24. The van der Waals surface area contributed by atoms with Gasteiger partial charge in [-0.25, -0.2) is 4.79 Å². The number of carbonyl (C=O) groups is 1. The van der Waals surface area contributed by atoms with Crippen molar-refractivity contribution >= 4 is 17.6 Å². The number of halogens is 1. The van der Waals surface area contributed by atoms with Crippen molar-refractivity contribution in [2.24, 2.45) is 0 Å². The second kappa shape index (κ2) is 7.77. The maximum Gasteiger partial charge on any atom is 0.315 e. The van der Waals surface area contributed by atoms with Crippen LogP contribution in [0.1, 0.15) is 22.9 Å². The minimum absolute atomic E-state index is 0.0801. The van der Waals surface area contributed by atoms with E-state index in [1.807, 2.05) is 19.1 Å². The van der Waals surface area contributed by atoms with Gasteiger partial charge in [-0.15, -0.1) is 0 Å². The number of carbonyl (C=O) groups excluding carboxylic acids is 1. The van der Waals surface area contributed by atoms with Crippen LogP contribution in [0.15, 0.2) is 42.6 Å². The third-order valence-corrected chi connectivity index (χ3v) is 3.60. The van der Waals surface area contributed by atoms with Gasteiger partial charge in [-0.1, -0.05) is 35.9 Å². The van der Waals surface area contributed by atoms with Crippen LogP contribution in [-0.2, 0) is 6.54 Å². The summed E-state index contributed by atoms with van der Waals surface area (Å²) in [7, 11) is 0. The molecule has 1 aromatic heterocycles. The highest BCUT2D eigenvalue weighted by Gasteiger charge is 2.12. The molecular formula is C16H18ClN3O2. The van der Waals surface area contributed by atoms with Crippen molar-refractivity contribution in [3.63, 3.8) is 0 Å². The second-order valence-corrected chi connectivity index (χ2v) is 5.28. The molecule has 1 unspecified atom stereocenters. The normalized spacial score (nSPS) is 11.8. The average Bonchev–Trinajstić information content (AvgIpc) is 2.52. The molecule has 0 fully saturated rings. The molecule has 3 N–H and O–H groups in total. The number of benzene rings is 1. The summed E-state index contributed by atoms with van der Waals surface area (Å²) >= 11 is 6.00. The van der Waals surface area contributed by atoms with Gasteiger partial charge in [-0.3, -0.25) is 4.98 Å². The standard InChI is InChI=1S/C16H18ClN3O2/c1-11-5-4-8-18-14(11)9-19-16(22)20-10-15(21)12-6-2-3-7-13(12)17/h2-8,15,21H,9-10H2,1H3,(H2,19,20,22). The summed E-state index contributed by atoms with van der Waals surface area (Å²) in [6, 6.07) is 10.4. The summed E-state index contributed by atoms with van der Waals surface area (Å²) in [6.45, 7) is 2.35. The van der Waals surface area contributed by atoms with Crippen molar-refractivity contribution in [2.45, 2.75) is 19.6 Å². The number of urea groups is 1. The molecule has 0 aliphatic carbocycles. The molecule has 0 saturated carbocycles. The molecule has 5 nitrogen and oxygen atoms in total. The number of nitrogens with one attached hydrogen (secondary N) is 2. The lowest BCUT2D eigenvalue weighted by molar-refractivity contribution is 0.173. The van der Waals surface area contributed by atoms with Gasteiger partial charge in [0, 0.05) is 23.3 Å². The zero-order valence-electron chi connectivity index (χ0n) is 12.2. The number of pyridine rings is 1. The number of aromatic nitrogens is 1. The van der Waals surface area contributed by atoms with Crippen molar-refractivity contribution in [3.8, 4) is 0 Å². The zero-order valence-corrected chi connectivity index (χ0v) is 13.0. The highest BCUT2D eigenvalue weighted by Crippen LogP contribution is 2.21. The average molecular weight is 320 g/mol. The van der Waals surface area contributed by atoms with Crippen LogP contribution in [0.2, 0.25) is 5.02 Å². The quantitative estimate of drug-likeness (QED) is 0.793. The minimum Gasteiger partial charge on any atom is -0.387 e. The predicted molar refractivity (Wildman–Crippen MR) is 85.6 cm³/mol. The lowest BCUT2D eigenvalue weighted by atomic mass is 10.1. The zero-order chi connectivity index (χ0) is 15.9. The first-order valence-electron chi connectivity index (χ1n) is 6.92. The minimum atomic E-state index is -0.851. The Morgan fingerprint density at radius 2 is 2.05 bits per heavy atom. The lowest BCUT2D eigenvalue weighted by Crippen LogP contribution is -2.37. The first kappa shape index (κ1) is 16.3. The van der Waals surface area contributed by atoms with Crippen LogP contribution in [0.25, 0.3) is 0 Å². The number of amides is 2. The third kappa shape index (κ3) is 4.44. The van der Waals surface area contributed by atoms with E-state index in [-0.39, 0.29) is 12.6 Å². The molecule has 0 radical (unpaired) electrons. The molecule has 1 atom stereocenters. The van der Waals surface area contributed by atoms with Gasteiger partial charge in [0.25, 0.3) is 0 Å². The number of aryl methyl sites for hydroxylation is 1. The molecule has 0 spiro atoms. The predicted octanol–water partition coefficient (Wildman–Crippen LogP) is 2.58. The van der Waals surface area contributed by atoms with Crippen LogP contribution in [0.5, 0.6) is 0 Å². The van der Waals surface area contributed by atoms with Gasteiger partial charge in [0.05, 0.1) is 18.3 Å². The van der Waals surface area contributed by atoms with Crippen molar-refractivity contribution in [1.82, 2.24) is 15.6 Å². The fourth-order valence-electron chi connectivity index (χ4n) is 1.97. The van der Waals surface area contributed by atoms with Gasteiger partial charge in [0.15, 0.2) is 0 Å². The van der Waals surface area contributed by atoms with E-state index < -0.39 is 6.10 Å². The number of nitrogens with zero attached hydrogens (tertiary/aromatic N) is 1. The Morgan fingerprint density at radius 1 is 1.27 bits per heavy atom. The molecule has 0 aliphatic rings. The van der Waals surface area contributed by atoms with E-state index >= 15 is 0 Å². The van der Waals surface area contributed by atoms with Gasteiger partial charge in [0.2, 0.25) is 0 Å². The highest BCUT2D eigenvalue weighted by molar-refractivity contribution is 6.31. The molecule has 2 amide bonds. The van der Waals surface area contributed by atoms with Gasteiger partial charge in [0.1, 0.15) is 0 Å². The van der Waals surface area contributed by atoms with E-state index in [2.05, 4.69) is 15.6 Å². The summed E-state index contributed by atoms with van der Waals surface area (Å²) in [5, 5.41) is 15.8. The Kier molecular flexibility index (Phi) is 5.75. The number of rotatable bonds is 5. The molecule has 116 valence electrons. The SMILES string of the molecule is Cc1cccnc1CNC(=O)NCC(O)c1ccccc1Cl. The van der Waals surface area contributed by atoms with Crippen LogP contribution in [-0.4, -0.2) is 22.7 Å². The van der Waals surface area contributed by atoms with Crippen LogP contribution in [0, 0.1) is 6.92 Å². The van der Waals surface area contributed by atoms with Gasteiger partial charge >= 0.3 is 6.03 Å². The smallest absolute Gasteiger partial charge is 0.315 e. The molecule has 2 rings (SSSR count). The lowest BCUT2D eigenvalue weighted by Gasteiger charge is -2.14. The molecular weight excluding hydrogens is 302 g/mol. The first-order valence-corrected chi connectivity index (χ1v) is 7.30. The summed E-state index contributed by atoms with van der Waals surface area (Å²) in [6.07, 6.45) is 0.833. The Morgan fingerprint density at radius 3 is 2.77 bits per heavy atom. The fraction of sp³-hybridized carbons (Fsp3) is 0.250. The number of aliphatic hydroxyl groups is 1. The van der Waals surface area contributed by atoms with E-state index in [4.69, 9.17) is 11.6 Å². The largest absolute Gasteiger partial charge is 0.387 e. The molecule has 6 heteroatoms. The first-order chi connectivity index (χ1) is 10.6. The maximum absolute atomic E-state index is 11.8. The van der Waals surface area contributed by atoms with Crippen LogP contribution in [0.3, 0.4) is 0 Å². The Balaban J connectivity index is 1.81. The van der Waals surface area contributed by atoms with Gasteiger partial charge < -0.3 is 15.7 Å². The summed E-state index contributed by atoms with van der Waals surface area (Å²) in [4.78, 5) is 15.9. The van der Waals surface area contributed by atoms with Gasteiger partial charge in [-0.05, 0) is 24.6 Å². The van der Waals surface area contributed by atoms with E-state index in [1.54, 1.807) is 30.5 Å². The van der Waals surface area contributed by atoms with Crippen LogP contribution in [0.4, 0.5) is 4.79 Å². The summed E-state index contributed by atoms with van der Waals surface area (Å²) in [5.41, 5.74) is 2.41. The molecule has 0 aliphatic heterocycles. The molecule has 2 aromatic rings. The van der Waals surface area contributed by atoms with E-state index in [0.29, 0.717) is 17.1 Å². The Hall–Kier alpha value is -2.11. The second-order valence-electron chi connectivity index (χ2n) is 4.87. The highest BCUT2D eigenvalue weighted by atomic mass is 35.5. The Labute approximate surface area is 134 Å². The number of hydrogen-bond donors (Lipinski definition) is 3. The molecule has 1 heterocycles. The van der Waals surface area contributed by atoms with Crippen LogP contribution < -0.4 is 10.6 Å². The number of hydrogen-bond acceptors (Lipinski definition) is 3. The van der Waals surface area contributed by atoms with Crippen molar-refractivity contribution in [1.29, 1.82) is 0 Å². The Bertz CT molecular complexity index is 649. The topological polar surface area (TPSA) is 74.2 Å². The molecule has 22 heavy (non-hydrogen) atoms. The summed E-state index contributed by atoms with van der Waals surface area (Å²) in [5.74, 6) is 0. The van der Waals surface area contributed by atoms with Crippen LogP contribution >= 0.6 is 11.6 Å². The van der Waals surface area contributed by atoms with E-state index in [1.165, 1.54) is 0 Å². The molecule has 0 saturated heterocycles. The molecule has 1 aromatic carbocycles. The van der Waals surface area contributed by atoms with Crippen molar-refractivity contribution < 1.29 is 9.90 Å². The van der Waals surface area contributed by atoms with Gasteiger partial charge in [-0.2, -0.15) is 0 Å². The van der Waals surface area contributed by atoms with E-state index in [0.717, 1.165) is 11.3 Å². The van der Waals surface area contributed by atoms with E-state index in [9.17, 15) is 9.90 Å². The third-order valence-electron chi connectivity index (χ3n) is 3.25. The molecule has 0 bridgehead atoms. The summed E-state index contributed by atoms with van der Waals surface area (Å²) < 4.78 is 0. The maximum atomic E-state index is 11.8. The van der Waals surface area contributed by atoms with Crippen molar-refractivity contribution in [3.05, 3.63) is 64.4 Å². The monoisotopic (exact) mass is 319 g/mol. The number of aliphatic hydroxyl groups excluding tert-OH is 1.